The van der Waals surface area contributed by atoms with Crippen LogP contribution < -0.4 is 5.32 Å². The molecule has 2 bridgehead atoms. The number of nitrogens with one attached hydrogen (secondary N) is 1. The van der Waals surface area contributed by atoms with Crippen molar-refractivity contribution in [1.29, 1.82) is 0 Å². The van der Waals surface area contributed by atoms with E-state index in [1.807, 2.05) is 0 Å². The number of aliphatic hydroxyl groups is 1. The number of fused-ring (bicyclic) bond motifs is 2. The van der Waals surface area contributed by atoms with Gasteiger partial charge in [-0.25, -0.2) is 0 Å². The number of aliphatic hydroxyl groups excluding tert-OH is 1. The van der Waals surface area contributed by atoms with Gasteiger partial charge < -0.3 is 15.2 Å². The van der Waals surface area contributed by atoms with Gasteiger partial charge in [0.05, 0.1) is 18.8 Å². The quantitative estimate of drug-likeness (QED) is 0.815. The Morgan fingerprint density at radius 3 is 2.45 bits per heavy atom. The molecule has 0 aromatic heterocycles. The van der Waals surface area contributed by atoms with Gasteiger partial charge in [0.2, 0.25) is 0 Å². The summed E-state index contributed by atoms with van der Waals surface area (Å²) in [6.07, 6.45) is 3.78. The van der Waals surface area contributed by atoms with Crippen LogP contribution in [0.2, 0.25) is 0 Å². The summed E-state index contributed by atoms with van der Waals surface area (Å²) in [5.74, 6) is 0.794. The van der Waals surface area contributed by atoms with Crippen LogP contribution in [0.1, 0.15) is 60.8 Å². The predicted molar refractivity (Wildman–Crippen MR) is 82.7 cm³/mol. The number of hydrogen-bond acceptors (Lipinski definition) is 3. The lowest BCUT2D eigenvalue weighted by molar-refractivity contribution is -0.110. The molecule has 2 aliphatic carbocycles. The molecule has 0 amide bonds. The molecule has 0 spiro atoms. The number of ether oxygens (including phenoxy) is 1. The minimum Gasteiger partial charge on any atom is -0.389 e. The van der Waals surface area contributed by atoms with E-state index in [1.165, 1.54) is 19.3 Å². The summed E-state index contributed by atoms with van der Waals surface area (Å²) in [5.41, 5.74) is 0.619. The standard InChI is InChI=1S/C17H33NO2/c1-15(2,3)18-10-13(19)11-20-14-16(4,5)12-7-8-17(14,6)9-12/h12-14,18-19H,7-11H2,1-6H3/t12-,13+,14-,17-/m0/s1. The van der Waals surface area contributed by atoms with Crippen LogP contribution in [-0.4, -0.2) is 36.0 Å². The van der Waals surface area contributed by atoms with Crippen LogP contribution in [-0.2, 0) is 4.74 Å². The highest BCUT2D eigenvalue weighted by molar-refractivity contribution is 5.09. The Bertz CT molecular complexity index is 343. The smallest absolute Gasteiger partial charge is 0.0898 e. The molecule has 2 saturated carbocycles. The van der Waals surface area contributed by atoms with E-state index >= 15 is 0 Å². The zero-order chi connectivity index (χ0) is 15.2. The molecule has 3 nitrogen and oxygen atoms in total. The van der Waals surface area contributed by atoms with E-state index in [1.54, 1.807) is 0 Å². The van der Waals surface area contributed by atoms with Crippen molar-refractivity contribution < 1.29 is 9.84 Å². The molecule has 0 saturated heterocycles. The maximum Gasteiger partial charge on any atom is 0.0898 e. The largest absolute Gasteiger partial charge is 0.389 e. The first kappa shape index (κ1) is 16.3. The van der Waals surface area contributed by atoms with Crippen molar-refractivity contribution in [3.63, 3.8) is 0 Å². The summed E-state index contributed by atoms with van der Waals surface area (Å²) >= 11 is 0. The molecule has 2 N–H and O–H groups in total. The van der Waals surface area contributed by atoms with E-state index in [0.29, 0.717) is 18.6 Å². The molecule has 0 aliphatic heterocycles. The van der Waals surface area contributed by atoms with Crippen molar-refractivity contribution >= 4 is 0 Å². The van der Waals surface area contributed by atoms with Gasteiger partial charge in [0.25, 0.3) is 0 Å². The van der Waals surface area contributed by atoms with E-state index in [2.05, 4.69) is 46.9 Å². The van der Waals surface area contributed by atoms with Crippen LogP contribution >= 0.6 is 0 Å². The second-order valence-electron chi connectivity index (χ2n) is 8.91. The zero-order valence-electron chi connectivity index (χ0n) is 14.1. The first-order chi connectivity index (χ1) is 9.05. The third-order valence-corrected chi connectivity index (χ3v) is 5.46. The fraction of sp³-hybridized carbons (Fsp3) is 1.00. The second-order valence-corrected chi connectivity index (χ2v) is 8.91. The Balaban J connectivity index is 1.85. The van der Waals surface area contributed by atoms with Gasteiger partial charge in [0.15, 0.2) is 0 Å². The molecule has 0 aromatic rings. The summed E-state index contributed by atoms with van der Waals surface area (Å²) in [5, 5.41) is 13.4. The van der Waals surface area contributed by atoms with E-state index < -0.39 is 6.10 Å². The Morgan fingerprint density at radius 1 is 1.30 bits per heavy atom. The Hall–Kier alpha value is -0.120. The number of rotatable bonds is 5. The molecule has 0 aromatic carbocycles. The first-order valence-corrected chi connectivity index (χ1v) is 8.09. The normalized spacial score (nSPS) is 37.4. The third-order valence-electron chi connectivity index (χ3n) is 5.46. The van der Waals surface area contributed by atoms with Gasteiger partial charge in [-0.2, -0.15) is 0 Å². The molecule has 0 radical (unpaired) electrons. The average Bonchev–Trinajstić information content (AvgIpc) is 2.76. The molecule has 118 valence electrons. The lowest BCUT2D eigenvalue weighted by atomic mass is 9.70. The fourth-order valence-corrected chi connectivity index (χ4v) is 4.36. The van der Waals surface area contributed by atoms with Crippen molar-refractivity contribution in [3.8, 4) is 0 Å². The van der Waals surface area contributed by atoms with Crippen LogP contribution in [0, 0.1) is 16.7 Å². The highest BCUT2D eigenvalue weighted by atomic mass is 16.5. The van der Waals surface area contributed by atoms with Crippen molar-refractivity contribution in [2.45, 2.75) is 78.6 Å². The highest BCUT2D eigenvalue weighted by Crippen LogP contribution is 2.63. The van der Waals surface area contributed by atoms with Crippen molar-refractivity contribution in [2.75, 3.05) is 13.2 Å². The Morgan fingerprint density at radius 2 is 1.95 bits per heavy atom. The first-order valence-electron chi connectivity index (χ1n) is 8.09. The van der Waals surface area contributed by atoms with Crippen molar-refractivity contribution in [2.24, 2.45) is 16.7 Å². The minimum atomic E-state index is -0.423. The van der Waals surface area contributed by atoms with E-state index in [0.717, 1.165) is 5.92 Å². The van der Waals surface area contributed by atoms with E-state index in [4.69, 9.17) is 4.74 Å². The highest BCUT2D eigenvalue weighted by Gasteiger charge is 2.60. The molecule has 20 heavy (non-hydrogen) atoms. The molecule has 2 aliphatic rings. The monoisotopic (exact) mass is 283 g/mol. The summed E-state index contributed by atoms with van der Waals surface area (Å²) in [6.45, 7) is 14.4. The lowest BCUT2D eigenvalue weighted by Crippen LogP contribution is -2.46. The maximum absolute atomic E-state index is 10.1. The van der Waals surface area contributed by atoms with Crippen LogP contribution in [0.5, 0.6) is 0 Å². The van der Waals surface area contributed by atoms with Crippen molar-refractivity contribution in [3.05, 3.63) is 0 Å². The second kappa shape index (κ2) is 5.26. The SMILES string of the molecule is CC(C)(C)NC[C@@H](O)CO[C@H]1C(C)(C)[C@H]2CC[C@@]1(C)C2. The summed E-state index contributed by atoms with van der Waals surface area (Å²) in [6, 6.07) is 0. The average molecular weight is 283 g/mol. The molecule has 0 heterocycles. The van der Waals surface area contributed by atoms with Gasteiger partial charge in [-0.05, 0) is 56.8 Å². The topological polar surface area (TPSA) is 41.5 Å². The summed E-state index contributed by atoms with van der Waals surface area (Å²) in [7, 11) is 0. The number of hydrogen-bond donors (Lipinski definition) is 2. The molecule has 3 heteroatoms. The van der Waals surface area contributed by atoms with Crippen LogP contribution in [0.4, 0.5) is 0 Å². The molecular formula is C17H33NO2. The minimum absolute atomic E-state index is 0.0403. The fourth-order valence-electron chi connectivity index (χ4n) is 4.36. The summed E-state index contributed by atoms with van der Waals surface area (Å²) in [4.78, 5) is 0. The predicted octanol–water partition coefficient (Wildman–Crippen LogP) is 2.97. The lowest BCUT2D eigenvalue weighted by Gasteiger charge is -2.42. The molecule has 4 atom stereocenters. The number of β-amino-alcohol motifs (C(OH)–C–C–N with tert-alkyl or cyclic N) is 1. The van der Waals surface area contributed by atoms with Gasteiger partial charge in [0.1, 0.15) is 0 Å². The van der Waals surface area contributed by atoms with Crippen LogP contribution in [0.25, 0.3) is 0 Å². The van der Waals surface area contributed by atoms with Gasteiger partial charge in [-0.3, -0.25) is 0 Å². The summed E-state index contributed by atoms with van der Waals surface area (Å²) < 4.78 is 6.19. The van der Waals surface area contributed by atoms with E-state index in [-0.39, 0.29) is 17.1 Å². The molecular weight excluding hydrogens is 250 g/mol. The van der Waals surface area contributed by atoms with Gasteiger partial charge in [-0.15, -0.1) is 0 Å². The Kier molecular flexibility index (Phi) is 4.27. The van der Waals surface area contributed by atoms with Gasteiger partial charge in [0, 0.05) is 12.1 Å². The van der Waals surface area contributed by atoms with Crippen LogP contribution in [0.15, 0.2) is 0 Å². The van der Waals surface area contributed by atoms with E-state index in [9.17, 15) is 5.11 Å². The molecule has 2 rings (SSSR count). The van der Waals surface area contributed by atoms with Crippen LogP contribution in [0.3, 0.4) is 0 Å². The van der Waals surface area contributed by atoms with Gasteiger partial charge in [-0.1, -0.05) is 20.8 Å². The third kappa shape index (κ3) is 3.20. The molecule has 2 fully saturated rings. The van der Waals surface area contributed by atoms with Gasteiger partial charge >= 0.3 is 0 Å². The van der Waals surface area contributed by atoms with Crippen molar-refractivity contribution in [1.82, 2.24) is 5.32 Å². The maximum atomic E-state index is 10.1. The zero-order valence-corrected chi connectivity index (χ0v) is 14.1. The Labute approximate surface area is 124 Å². The molecule has 0 unspecified atom stereocenters.